The molecule has 1 saturated heterocycles. The zero-order valence-electron chi connectivity index (χ0n) is 13.5. The fourth-order valence-electron chi connectivity index (χ4n) is 2.77. The van der Waals surface area contributed by atoms with Crippen molar-refractivity contribution in [2.24, 2.45) is 0 Å². The van der Waals surface area contributed by atoms with Crippen LogP contribution in [0.5, 0.6) is 6.01 Å². The summed E-state index contributed by atoms with van der Waals surface area (Å²) in [5.41, 5.74) is 0.379. The van der Waals surface area contributed by atoms with Crippen molar-refractivity contribution in [2.75, 3.05) is 13.1 Å². The average molecular weight is 386 g/mol. The zero-order chi connectivity index (χ0) is 18.0. The molecule has 0 spiro atoms. The van der Waals surface area contributed by atoms with E-state index in [0.29, 0.717) is 30.0 Å². The normalized spacial score (nSPS) is 18.9. The number of piperidine rings is 1. The summed E-state index contributed by atoms with van der Waals surface area (Å²) >= 11 is 5.74. The molecule has 1 fully saturated rings. The van der Waals surface area contributed by atoms with E-state index in [1.165, 1.54) is 28.8 Å². The minimum absolute atomic E-state index is 0.109. The lowest BCUT2D eigenvalue weighted by molar-refractivity contribution is 0.119. The van der Waals surface area contributed by atoms with Crippen LogP contribution < -0.4 is 4.74 Å². The molecule has 0 saturated carbocycles. The van der Waals surface area contributed by atoms with E-state index in [-0.39, 0.29) is 23.6 Å². The maximum atomic E-state index is 13.3. The molecule has 0 aliphatic carbocycles. The monoisotopic (exact) mass is 385 g/mol. The first-order chi connectivity index (χ1) is 11.9. The minimum Gasteiger partial charge on any atom is -0.459 e. The first-order valence-corrected chi connectivity index (χ1v) is 9.58. The number of ether oxygens (including phenoxy) is 1. The molecular weight excluding hydrogens is 369 g/mol. The molecule has 0 unspecified atom stereocenters. The fourth-order valence-corrected chi connectivity index (χ4v) is 4.58. The topological polar surface area (TPSA) is 72.4 Å². The highest BCUT2D eigenvalue weighted by molar-refractivity contribution is 7.89. The molecule has 134 valence electrons. The van der Waals surface area contributed by atoms with Gasteiger partial charge in [0, 0.05) is 6.54 Å². The highest BCUT2D eigenvalue weighted by atomic mass is 35.5. The molecule has 0 amide bonds. The average Bonchev–Trinajstić information content (AvgIpc) is 2.57. The smallest absolute Gasteiger partial charge is 0.316 e. The van der Waals surface area contributed by atoms with Gasteiger partial charge in [-0.15, -0.1) is 0 Å². The van der Waals surface area contributed by atoms with Crippen LogP contribution in [0.1, 0.15) is 18.4 Å². The van der Waals surface area contributed by atoms with E-state index >= 15 is 0 Å². The third-order valence-corrected chi connectivity index (χ3v) is 6.18. The van der Waals surface area contributed by atoms with Gasteiger partial charge in [0.25, 0.3) is 0 Å². The van der Waals surface area contributed by atoms with Crippen molar-refractivity contribution in [3.8, 4) is 6.01 Å². The van der Waals surface area contributed by atoms with Gasteiger partial charge in [-0.25, -0.2) is 22.8 Å². The van der Waals surface area contributed by atoms with Crippen LogP contribution in [0.4, 0.5) is 4.39 Å². The van der Waals surface area contributed by atoms with Crippen LogP contribution in [0, 0.1) is 12.7 Å². The molecule has 3 rings (SSSR count). The Morgan fingerprint density at radius 3 is 2.72 bits per heavy atom. The first kappa shape index (κ1) is 18.0. The summed E-state index contributed by atoms with van der Waals surface area (Å²) in [6.07, 6.45) is 3.83. The number of hydrogen-bond acceptors (Lipinski definition) is 5. The summed E-state index contributed by atoms with van der Waals surface area (Å²) in [7, 11) is -3.72. The van der Waals surface area contributed by atoms with E-state index in [4.69, 9.17) is 16.3 Å². The van der Waals surface area contributed by atoms with Gasteiger partial charge in [-0.1, -0.05) is 11.6 Å². The Balaban J connectivity index is 1.76. The number of nitrogens with zero attached hydrogens (tertiary/aromatic N) is 3. The van der Waals surface area contributed by atoms with Gasteiger partial charge >= 0.3 is 6.01 Å². The van der Waals surface area contributed by atoms with Gasteiger partial charge in [-0.3, -0.25) is 0 Å². The zero-order valence-corrected chi connectivity index (χ0v) is 15.1. The summed E-state index contributed by atoms with van der Waals surface area (Å²) in [5, 5.41) is 0.395. The second kappa shape index (κ2) is 7.23. The molecule has 9 heteroatoms. The Bertz CT molecular complexity index is 861. The van der Waals surface area contributed by atoms with Gasteiger partial charge in [0.05, 0.1) is 28.9 Å². The van der Waals surface area contributed by atoms with E-state index in [2.05, 4.69) is 9.97 Å². The van der Waals surface area contributed by atoms with Crippen molar-refractivity contribution in [1.82, 2.24) is 14.3 Å². The summed E-state index contributed by atoms with van der Waals surface area (Å²) < 4.78 is 46.0. The predicted octanol–water partition coefficient (Wildman–Crippen LogP) is 2.81. The van der Waals surface area contributed by atoms with Gasteiger partial charge in [0.15, 0.2) is 0 Å². The van der Waals surface area contributed by atoms with Crippen molar-refractivity contribution < 1.29 is 17.5 Å². The third kappa shape index (κ3) is 4.08. The highest BCUT2D eigenvalue weighted by Crippen LogP contribution is 2.25. The highest BCUT2D eigenvalue weighted by Gasteiger charge is 2.32. The molecule has 0 bridgehead atoms. The quantitative estimate of drug-likeness (QED) is 0.809. The van der Waals surface area contributed by atoms with Crippen molar-refractivity contribution in [1.29, 1.82) is 0 Å². The molecule has 25 heavy (non-hydrogen) atoms. The van der Waals surface area contributed by atoms with Crippen LogP contribution in [0.15, 0.2) is 35.5 Å². The van der Waals surface area contributed by atoms with Crippen LogP contribution in [0.25, 0.3) is 0 Å². The van der Waals surface area contributed by atoms with Crippen LogP contribution in [-0.2, 0) is 10.0 Å². The Kier molecular flexibility index (Phi) is 5.21. The van der Waals surface area contributed by atoms with E-state index in [1.54, 1.807) is 6.92 Å². The van der Waals surface area contributed by atoms with Gasteiger partial charge in [-0.05, 0) is 43.5 Å². The molecule has 1 aromatic heterocycles. The maximum Gasteiger partial charge on any atom is 0.316 e. The first-order valence-electron chi connectivity index (χ1n) is 7.77. The number of halogens is 2. The third-order valence-electron chi connectivity index (χ3n) is 3.96. The lowest BCUT2D eigenvalue weighted by atomic mass is 10.1. The Morgan fingerprint density at radius 1 is 1.32 bits per heavy atom. The second-order valence-corrected chi connectivity index (χ2v) is 8.18. The number of aromatic nitrogens is 2. The van der Waals surface area contributed by atoms with E-state index in [9.17, 15) is 12.8 Å². The summed E-state index contributed by atoms with van der Waals surface area (Å²) in [4.78, 5) is 8.04. The SMILES string of the molecule is Cc1cc(F)ccc1S(=O)(=O)N1CCC[C@@H](Oc2ncc(Cl)cn2)C1. The lowest BCUT2D eigenvalue weighted by Crippen LogP contribution is -2.44. The molecule has 0 radical (unpaired) electrons. The predicted molar refractivity (Wildman–Crippen MR) is 90.6 cm³/mol. The molecule has 1 aliphatic rings. The molecule has 1 aliphatic heterocycles. The Morgan fingerprint density at radius 2 is 2.04 bits per heavy atom. The van der Waals surface area contributed by atoms with Crippen LogP contribution in [0.3, 0.4) is 0 Å². The largest absolute Gasteiger partial charge is 0.459 e. The number of sulfonamides is 1. The van der Waals surface area contributed by atoms with Gasteiger partial charge in [0.2, 0.25) is 10.0 Å². The minimum atomic E-state index is -3.72. The van der Waals surface area contributed by atoms with E-state index in [1.807, 2.05) is 0 Å². The second-order valence-electron chi connectivity index (χ2n) is 5.84. The Hall–Kier alpha value is -1.77. The van der Waals surface area contributed by atoms with E-state index in [0.717, 1.165) is 6.07 Å². The standard InChI is InChI=1S/C16H17ClFN3O3S/c1-11-7-13(18)4-5-15(11)25(22,23)21-6-2-3-14(10-21)24-16-19-8-12(17)9-20-16/h4-5,7-9,14H,2-3,6,10H2,1H3/t14-/m1/s1. The van der Waals surface area contributed by atoms with Crippen LogP contribution in [-0.4, -0.2) is 41.9 Å². The molecule has 2 aromatic rings. The number of hydrogen-bond donors (Lipinski definition) is 0. The number of rotatable bonds is 4. The van der Waals surface area contributed by atoms with Gasteiger partial charge in [-0.2, -0.15) is 4.31 Å². The summed E-state index contributed by atoms with van der Waals surface area (Å²) in [5.74, 6) is -0.462. The van der Waals surface area contributed by atoms with Crippen molar-refractivity contribution >= 4 is 21.6 Å². The Labute approximate surface area is 150 Å². The lowest BCUT2D eigenvalue weighted by Gasteiger charge is -2.31. The molecule has 6 nitrogen and oxygen atoms in total. The van der Waals surface area contributed by atoms with Crippen LogP contribution >= 0.6 is 11.6 Å². The number of benzene rings is 1. The van der Waals surface area contributed by atoms with E-state index < -0.39 is 15.8 Å². The maximum absolute atomic E-state index is 13.3. The van der Waals surface area contributed by atoms with Gasteiger partial charge < -0.3 is 4.74 Å². The van der Waals surface area contributed by atoms with Crippen molar-refractivity contribution in [2.45, 2.75) is 30.8 Å². The van der Waals surface area contributed by atoms with Crippen molar-refractivity contribution in [3.05, 3.63) is 47.0 Å². The van der Waals surface area contributed by atoms with Crippen molar-refractivity contribution in [3.63, 3.8) is 0 Å². The fraction of sp³-hybridized carbons (Fsp3) is 0.375. The molecule has 1 aromatic carbocycles. The van der Waals surface area contributed by atoms with Gasteiger partial charge in [0.1, 0.15) is 11.9 Å². The molecule has 1 atom stereocenters. The van der Waals surface area contributed by atoms with Crippen LogP contribution in [0.2, 0.25) is 5.02 Å². The summed E-state index contributed by atoms with van der Waals surface area (Å²) in [6.45, 7) is 2.15. The molecule has 2 heterocycles. The summed E-state index contributed by atoms with van der Waals surface area (Å²) in [6, 6.07) is 3.82. The molecule has 0 N–H and O–H groups in total. The number of aryl methyl sites for hydroxylation is 1. The molecular formula is C16H17ClFN3O3S.